The van der Waals surface area contributed by atoms with Crippen molar-refractivity contribution in [2.24, 2.45) is 17.1 Å². The van der Waals surface area contributed by atoms with Gasteiger partial charge in [-0.15, -0.1) is 0 Å². The van der Waals surface area contributed by atoms with Gasteiger partial charge in [-0.25, -0.2) is 4.98 Å². The molecule has 0 aliphatic carbocycles. The Hall–Kier alpha value is -1.09. The standard InChI is InChI=1S/C14H23N3/c1-14(2,3)12-5-7-17(10-12)13-8-11(9-15)4-6-16-13/h4,6,8,12H,5,7,9-10,15H2,1-3H3. The van der Waals surface area contributed by atoms with Crippen LogP contribution in [0.25, 0.3) is 0 Å². The molecule has 1 fully saturated rings. The van der Waals surface area contributed by atoms with E-state index in [0.29, 0.717) is 12.0 Å². The van der Waals surface area contributed by atoms with Crippen molar-refractivity contribution in [1.82, 2.24) is 4.98 Å². The van der Waals surface area contributed by atoms with E-state index in [1.807, 2.05) is 12.3 Å². The third-order valence-electron chi connectivity index (χ3n) is 3.78. The number of aromatic nitrogens is 1. The SMILES string of the molecule is CC(C)(C)C1CCN(c2cc(CN)ccn2)C1. The number of nitrogens with zero attached hydrogens (tertiary/aromatic N) is 2. The number of rotatable bonds is 2. The first kappa shape index (κ1) is 12.4. The second kappa shape index (κ2) is 4.65. The van der Waals surface area contributed by atoms with Crippen molar-refractivity contribution < 1.29 is 0 Å². The lowest BCUT2D eigenvalue weighted by Gasteiger charge is -2.27. The molecule has 1 unspecified atom stereocenters. The third kappa shape index (κ3) is 2.78. The van der Waals surface area contributed by atoms with E-state index in [-0.39, 0.29) is 0 Å². The summed E-state index contributed by atoms with van der Waals surface area (Å²) in [6.45, 7) is 9.79. The molecule has 2 heterocycles. The smallest absolute Gasteiger partial charge is 0.128 e. The van der Waals surface area contributed by atoms with Crippen LogP contribution < -0.4 is 10.6 Å². The summed E-state index contributed by atoms with van der Waals surface area (Å²) in [5, 5.41) is 0. The van der Waals surface area contributed by atoms with Gasteiger partial charge >= 0.3 is 0 Å². The summed E-state index contributed by atoms with van der Waals surface area (Å²) in [5.41, 5.74) is 7.22. The summed E-state index contributed by atoms with van der Waals surface area (Å²) >= 11 is 0. The van der Waals surface area contributed by atoms with Crippen LogP contribution in [-0.4, -0.2) is 18.1 Å². The average Bonchev–Trinajstić information content (AvgIpc) is 2.78. The van der Waals surface area contributed by atoms with Gasteiger partial charge in [0.1, 0.15) is 5.82 Å². The second-order valence-corrected chi connectivity index (χ2v) is 6.02. The molecule has 0 amide bonds. The van der Waals surface area contributed by atoms with Crippen LogP contribution in [0, 0.1) is 11.3 Å². The minimum absolute atomic E-state index is 0.389. The summed E-state index contributed by atoms with van der Waals surface area (Å²) in [7, 11) is 0. The van der Waals surface area contributed by atoms with Crippen molar-refractivity contribution in [1.29, 1.82) is 0 Å². The Bertz CT molecular complexity index is 381. The molecule has 0 aromatic carbocycles. The van der Waals surface area contributed by atoms with Crippen molar-refractivity contribution in [3.8, 4) is 0 Å². The summed E-state index contributed by atoms with van der Waals surface area (Å²) in [6, 6.07) is 4.10. The van der Waals surface area contributed by atoms with Gasteiger partial charge in [0.05, 0.1) is 0 Å². The molecule has 1 aromatic heterocycles. The Labute approximate surface area is 104 Å². The fourth-order valence-corrected chi connectivity index (χ4v) is 2.44. The van der Waals surface area contributed by atoms with E-state index in [4.69, 9.17) is 5.73 Å². The van der Waals surface area contributed by atoms with Gasteiger partial charge in [-0.2, -0.15) is 0 Å². The van der Waals surface area contributed by atoms with Crippen molar-refractivity contribution >= 4 is 5.82 Å². The quantitative estimate of drug-likeness (QED) is 0.853. The fraction of sp³-hybridized carbons (Fsp3) is 0.643. The Morgan fingerprint density at radius 3 is 2.82 bits per heavy atom. The van der Waals surface area contributed by atoms with E-state index >= 15 is 0 Å². The van der Waals surface area contributed by atoms with Gasteiger partial charge in [0, 0.05) is 25.8 Å². The van der Waals surface area contributed by atoms with Crippen LogP contribution in [0.2, 0.25) is 0 Å². The van der Waals surface area contributed by atoms with Gasteiger partial charge in [-0.3, -0.25) is 0 Å². The minimum Gasteiger partial charge on any atom is -0.356 e. The van der Waals surface area contributed by atoms with E-state index in [0.717, 1.165) is 30.4 Å². The van der Waals surface area contributed by atoms with Gasteiger partial charge in [0.25, 0.3) is 0 Å². The van der Waals surface area contributed by atoms with E-state index in [9.17, 15) is 0 Å². The van der Waals surface area contributed by atoms with E-state index < -0.39 is 0 Å². The molecule has 2 N–H and O–H groups in total. The van der Waals surface area contributed by atoms with Crippen molar-refractivity contribution in [3.63, 3.8) is 0 Å². The normalized spacial score (nSPS) is 20.9. The largest absolute Gasteiger partial charge is 0.356 e. The molecule has 1 aliphatic rings. The molecule has 3 nitrogen and oxygen atoms in total. The molecule has 0 spiro atoms. The van der Waals surface area contributed by atoms with Crippen molar-refractivity contribution in [2.45, 2.75) is 33.7 Å². The molecule has 1 aromatic rings. The maximum absolute atomic E-state index is 5.67. The van der Waals surface area contributed by atoms with Gasteiger partial charge in [0.2, 0.25) is 0 Å². The first-order valence-corrected chi connectivity index (χ1v) is 6.40. The van der Waals surface area contributed by atoms with Gasteiger partial charge in [-0.05, 0) is 35.4 Å². The second-order valence-electron chi connectivity index (χ2n) is 6.02. The maximum Gasteiger partial charge on any atom is 0.128 e. The Kier molecular flexibility index (Phi) is 3.38. The van der Waals surface area contributed by atoms with Crippen LogP contribution in [-0.2, 0) is 6.54 Å². The van der Waals surface area contributed by atoms with E-state index in [1.54, 1.807) is 0 Å². The van der Waals surface area contributed by atoms with Crippen molar-refractivity contribution in [3.05, 3.63) is 23.9 Å². The average molecular weight is 233 g/mol. The maximum atomic E-state index is 5.67. The first-order valence-electron chi connectivity index (χ1n) is 6.40. The fourth-order valence-electron chi connectivity index (χ4n) is 2.44. The van der Waals surface area contributed by atoms with Gasteiger partial charge in [-0.1, -0.05) is 20.8 Å². The zero-order valence-corrected chi connectivity index (χ0v) is 11.1. The molecule has 17 heavy (non-hydrogen) atoms. The molecule has 1 atom stereocenters. The number of anilines is 1. The molecule has 1 aliphatic heterocycles. The van der Waals surface area contributed by atoms with Crippen LogP contribution in [0.4, 0.5) is 5.82 Å². The lowest BCUT2D eigenvalue weighted by atomic mass is 9.80. The number of nitrogens with two attached hydrogens (primary N) is 1. The van der Waals surface area contributed by atoms with Gasteiger partial charge in [0.15, 0.2) is 0 Å². The Morgan fingerprint density at radius 2 is 2.24 bits per heavy atom. The first-order chi connectivity index (χ1) is 8.00. The minimum atomic E-state index is 0.389. The third-order valence-corrected chi connectivity index (χ3v) is 3.78. The molecule has 3 heteroatoms. The lowest BCUT2D eigenvalue weighted by molar-refractivity contribution is 0.263. The zero-order valence-electron chi connectivity index (χ0n) is 11.1. The number of hydrogen-bond donors (Lipinski definition) is 1. The zero-order chi connectivity index (χ0) is 12.5. The summed E-state index contributed by atoms with van der Waals surface area (Å²) in [6.07, 6.45) is 3.12. The van der Waals surface area contributed by atoms with E-state index in [2.05, 4.69) is 36.7 Å². The topological polar surface area (TPSA) is 42.1 Å². The van der Waals surface area contributed by atoms with Crippen molar-refractivity contribution in [2.75, 3.05) is 18.0 Å². The highest BCUT2D eigenvalue weighted by molar-refractivity contribution is 5.42. The lowest BCUT2D eigenvalue weighted by Crippen LogP contribution is -2.26. The molecular weight excluding hydrogens is 210 g/mol. The van der Waals surface area contributed by atoms with Crippen LogP contribution in [0.5, 0.6) is 0 Å². The Balaban J connectivity index is 2.09. The molecular formula is C14H23N3. The molecule has 0 saturated carbocycles. The summed E-state index contributed by atoms with van der Waals surface area (Å²) in [4.78, 5) is 6.84. The highest BCUT2D eigenvalue weighted by Crippen LogP contribution is 2.35. The van der Waals surface area contributed by atoms with Gasteiger partial charge < -0.3 is 10.6 Å². The molecule has 0 bridgehead atoms. The van der Waals surface area contributed by atoms with Crippen LogP contribution in [0.15, 0.2) is 18.3 Å². The number of pyridine rings is 1. The highest BCUT2D eigenvalue weighted by Gasteiger charge is 2.32. The predicted octanol–water partition coefficient (Wildman–Crippen LogP) is 2.41. The predicted molar refractivity (Wildman–Crippen MR) is 71.9 cm³/mol. The molecule has 1 saturated heterocycles. The monoisotopic (exact) mass is 233 g/mol. The summed E-state index contributed by atoms with van der Waals surface area (Å²) in [5.74, 6) is 1.84. The van der Waals surface area contributed by atoms with Crippen LogP contribution >= 0.6 is 0 Å². The van der Waals surface area contributed by atoms with Crippen LogP contribution in [0.1, 0.15) is 32.8 Å². The van der Waals surface area contributed by atoms with Crippen LogP contribution in [0.3, 0.4) is 0 Å². The Morgan fingerprint density at radius 1 is 1.47 bits per heavy atom. The molecule has 2 rings (SSSR count). The number of hydrogen-bond acceptors (Lipinski definition) is 3. The molecule has 94 valence electrons. The summed E-state index contributed by atoms with van der Waals surface area (Å²) < 4.78 is 0. The van der Waals surface area contributed by atoms with E-state index in [1.165, 1.54) is 6.42 Å². The highest BCUT2D eigenvalue weighted by atomic mass is 15.2. The molecule has 0 radical (unpaired) electrons.